The lowest BCUT2D eigenvalue weighted by atomic mass is 10.2. The molecule has 17 heavy (non-hydrogen) atoms. The summed E-state index contributed by atoms with van der Waals surface area (Å²) in [6.45, 7) is 2.65. The Balaban J connectivity index is 1.88. The number of hydrogen-bond acceptors (Lipinski definition) is 3. The highest BCUT2D eigenvalue weighted by molar-refractivity contribution is 6.32. The van der Waals surface area contributed by atoms with Crippen LogP contribution in [0.5, 0.6) is 5.75 Å². The Bertz CT molecular complexity index is 378. The molecule has 0 radical (unpaired) electrons. The van der Waals surface area contributed by atoms with Gasteiger partial charge in [-0.2, -0.15) is 0 Å². The first kappa shape index (κ1) is 12.7. The average Bonchev–Trinajstić information content (AvgIpc) is 2.76. The molecule has 1 atom stereocenters. The SMILES string of the molecule is CN(Cc1ccc(O)c(Cl)c1)CC1CCCO1. The molecule has 0 amide bonds. The molecule has 1 aliphatic heterocycles. The third kappa shape index (κ3) is 3.60. The van der Waals surface area contributed by atoms with E-state index in [1.165, 1.54) is 6.42 Å². The molecule has 0 aromatic heterocycles. The van der Waals surface area contributed by atoms with Gasteiger partial charge in [0.1, 0.15) is 5.75 Å². The van der Waals surface area contributed by atoms with Gasteiger partial charge < -0.3 is 9.84 Å². The summed E-state index contributed by atoms with van der Waals surface area (Å²) in [5.41, 5.74) is 1.10. The lowest BCUT2D eigenvalue weighted by Crippen LogP contribution is -2.28. The number of hydrogen-bond donors (Lipinski definition) is 1. The van der Waals surface area contributed by atoms with Crippen molar-refractivity contribution in [2.75, 3.05) is 20.2 Å². The maximum Gasteiger partial charge on any atom is 0.134 e. The minimum absolute atomic E-state index is 0.136. The first-order valence-corrected chi connectivity index (χ1v) is 6.30. The summed E-state index contributed by atoms with van der Waals surface area (Å²) < 4.78 is 5.60. The number of ether oxygens (including phenoxy) is 1. The highest BCUT2D eigenvalue weighted by Gasteiger charge is 2.17. The van der Waals surface area contributed by atoms with E-state index in [1.54, 1.807) is 6.07 Å². The molecule has 1 aromatic rings. The predicted molar refractivity (Wildman–Crippen MR) is 68.4 cm³/mol. The Labute approximate surface area is 107 Å². The van der Waals surface area contributed by atoms with Gasteiger partial charge in [-0.3, -0.25) is 4.90 Å². The Morgan fingerprint density at radius 2 is 2.35 bits per heavy atom. The van der Waals surface area contributed by atoms with Crippen molar-refractivity contribution in [1.82, 2.24) is 4.90 Å². The monoisotopic (exact) mass is 255 g/mol. The van der Waals surface area contributed by atoms with Gasteiger partial charge >= 0.3 is 0 Å². The summed E-state index contributed by atoms with van der Waals surface area (Å²) >= 11 is 5.87. The van der Waals surface area contributed by atoms with Crippen molar-refractivity contribution in [2.45, 2.75) is 25.5 Å². The molecule has 0 spiro atoms. The van der Waals surface area contributed by atoms with E-state index in [2.05, 4.69) is 11.9 Å². The van der Waals surface area contributed by atoms with Crippen LogP contribution in [-0.2, 0) is 11.3 Å². The summed E-state index contributed by atoms with van der Waals surface area (Å²) in [6, 6.07) is 5.34. The second-order valence-corrected chi connectivity index (χ2v) is 5.02. The molecule has 1 N–H and O–H groups in total. The van der Waals surface area contributed by atoms with Crippen LogP contribution in [0.15, 0.2) is 18.2 Å². The molecule has 1 aromatic carbocycles. The van der Waals surface area contributed by atoms with E-state index in [1.807, 2.05) is 12.1 Å². The molecule has 0 aliphatic carbocycles. The Morgan fingerprint density at radius 1 is 1.53 bits per heavy atom. The van der Waals surface area contributed by atoms with Crippen molar-refractivity contribution in [2.24, 2.45) is 0 Å². The van der Waals surface area contributed by atoms with E-state index in [9.17, 15) is 5.11 Å². The van der Waals surface area contributed by atoms with Gasteiger partial charge in [0.2, 0.25) is 0 Å². The fraction of sp³-hybridized carbons (Fsp3) is 0.538. The number of phenols is 1. The first-order chi connectivity index (χ1) is 8.15. The third-order valence-electron chi connectivity index (χ3n) is 3.00. The minimum Gasteiger partial charge on any atom is -0.506 e. The molecule has 1 heterocycles. The Hall–Kier alpha value is -0.770. The molecule has 0 bridgehead atoms. The molecule has 1 aliphatic rings. The number of aromatic hydroxyl groups is 1. The quantitative estimate of drug-likeness (QED) is 0.898. The maximum absolute atomic E-state index is 9.34. The second-order valence-electron chi connectivity index (χ2n) is 4.62. The van der Waals surface area contributed by atoms with Gasteiger partial charge in [-0.15, -0.1) is 0 Å². The standard InChI is InChI=1S/C13H18ClNO2/c1-15(9-11-3-2-6-17-11)8-10-4-5-13(16)12(14)7-10/h4-5,7,11,16H,2-3,6,8-9H2,1H3. The number of likely N-dealkylation sites (N-methyl/N-ethyl adjacent to an activating group) is 1. The summed E-state index contributed by atoms with van der Waals surface area (Å²) in [5, 5.41) is 9.75. The molecule has 1 unspecified atom stereocenters. The third-order valence-corrected chi connectivity index (χ3v) is 3.31. The van der Waals surface area contributed by atoms with Crippen LogP contribution in [0.25, 0.3) is 0 Å². The van der Waals surface area contributed by atoms with Gasteiger partial charge in [0.15, 0.2) is 0 Å². The predicted octanol–water partition coefficient (Wildman–Crippen LogP) is 2.66. The fourth-order valence-electron chi connectivity index (χ4n) is 2.16. The van der Waals surface area contributed by atoms with Crippen LogP contribution in [0.3, 0.4) is 0 Å². The molecule has 2 rings (SSSR count). The minimum atomic E-state index is 0.136. The molecule has 0 saturated carbocycles. The zero-order valence-electron chi connectivity index (χ0n) is 10.0. The Morgan fingerprint density at radius 3 is 3.00 bits per heavy atom. The molecule has 1 fully saturated rings. The van der Waals surface area contributed by atoms with Crippen molar-refractivity contribution < 1.29 is 9.84 Å². The number of phenolic OH excluding ortho intramolecular Hbond substituents is 1. The summed E-state index contributed by atoms with van der Waals surface area (Å²) in [6.07, 6.45) is 2.69. The van der Waals surface area contributed by atoms with Crippen molar-refractivity contribution in [3.05, 3.63) is 28.8 Å². The second kappa shape index (κ2) is 5.71. The summed E-state index contributed by atoms with van der Waals surface area (Å²) in [5.74, 6) is 0.136. The number of rotatable bonds is 4. The highest BCUT2D eigenvalue weighted by atomic mass is 35.5. The number of halogens is 1. The van der Waals surface area contributed by atoms with E-state index in [-0.39, 0.29) is 5.75 Å². The lowest BCUT2D eigenvalue weighted by molar-refractivity contribution is 0.0793. The van der Waals surface area contributed by atoms with Crippen molar-refractivity contribution in [1.29, 1.82) is 0 Å². The topological polar surface area (TPSA) is 32.7 Å². The normalized spacial score (nSPS) is 20.1. The van der Waals surface area contributed by atoms with Gasteiger partial charge in [-0.25, -0.2) is 0 Å². The van der Waals surface area contributed by atoms with Gasteiger partial charge in [0.25, 0.3) is 0 Å². The fourth-order valence-corrected chi connectivity index (χ4v) is 2.36. The van der Waals surface area contributed by atoms with E-state index in [4.69, 9.17) is 16.3 Å². The van der Waals surface area contributed by atoms with Crippen LogP contribution in [0.2, 0.25) is 5.02 Å². The van der Waals surface area contributed by atoms with E-state index in [0.29, 0.717) is 11.1 Å². The van der Waals surface area contributed by atoms with E-state index in [0.717, 1.165) is 31.7 Å². The smallest absolute Gasteiger partial charge is 0.134 e. The van der Waals surface area contributed by atoms with Gasteiger partial charge in [0.05, 0.1) is 11.1 Å². The maximum atomic E-state index is 9.34. The van der Waals surface area contributed by atoms with Crippen LogP contribution in [0.1, 0.15) is 18.4 Å². The largest absolute Gasteiger partial charge is 0.506 e. The van der Waals surface area contributed by atoms with Crippen LogP contribution in [-0.4, -0.2) is 36.3 Å². The lowest BCUT2D eigenvalue weighted by Gasteiger charge is -2.20. The van der Waals surface area contributed by atoms with Crippen molar-refractivity contribution >= 4 is 11.6 Å². The van der Waals surface area contributed by atoms with Crippen molar-refractivity contribution in [3.63, 3.8) is 0 Å². The average molecular weight is 256 g/mol. The molecular weight excluding hydrogens is 238 g/mol. The van der Waals surface area contributed by atoms with E-state index >= 15 is 0 Å². The summed E-state index contributed by atoms with van der Waals surface area (Å²) in [7, 11) is 2.07. The van der Waals surface area contributed by atoms with Crippen molar-refractivity contribution in [3.8, 4) is 5.75 Å². The van der Waals surface area contributed by atoms with Crippen LogP contribution < -0.4 is 0 Å². The van der Waals surface area contributed by atoms with Crippen LogP contribution >= 0.6 is 11.6 Å². The summed E-state index contributed by atoms with van der Waals surface area (Å²) in [4.78, 5) is 2.22. The molecule has 3 nitrogen and oxygen atoms in total. The molecule has 1 saturated heterocycles. The number of benzene rings is 1. The first-order valence-electron chi connectivity index (χ1n) is 5.92. The van der Waals surface area contributed by atoms with E-state index < -0.39 is 0 Å². The van der Waals surface area contributed by atoms with Gasteiger partial charge in [0, 0.05) is 19.7 Å². The molecular formula is C13H18ClNO2. The van der Waals surface area contributed by atoms with Crippen LogP contribution in [0.4, 0.5) is 0 Å². The molecule has 4 heteroatoms. The zero-order chi connectivity index (χ0) is 12.3. The molecule has 94 valence electrons. The van der Waals surface area contributed by atoms with Gasteiger partial charge in [-0.1, -0.05) is 17.7 Å². The van der Waals surface area contributed by atoms with Gasteiger partial charge in [-0.05, 0) is 37.6 Å². The number of nitrogens with zero attached hydrogens (tertiary/aromatic N) is 1. The zero-order valence-corrected chi connectivity index (χ0v) is 10.8. The highest BCUT2D eigenvalue weighted by Crippen LogP contribution is 2.24. The van der Waals surface area contributed by atoms with Crippen LogP contribution in [0, 0.1) is 0 Å². The Kier molecular flexibility index (Phi) is 4.26.